The first-order chi connectivity index (χ1) is 16.6. The Kier molecular flexibility index (Phi) is 8.02. The average molecular weight is 460 g/mol. The van der Waals surface area contributed by atoms with Gasteiger partial charge in [0, 0.05) is 24.3 Å². The Morgan fingerprint density at radius 1 is 0.941 bits per heavy atom. The molecule has 5 nitrogen and oxygen atoms in total. The molecular weight excluding hydrogens is 429 g/mol. The molecule has 34 heavy (non-hydrogen) atoms. The number of rotatable bonds is 8. The number of amides is 2. The van der Waals surface area contributed by atoms with Gasteiger partial charge in [0.05, 0.1) is 0 Å². The molecule has 0 saturated heterocycles. The molecule has 1 fully saturated rings. The number of halogens is 1. The van der Waals surface area contributed by atoms with Crippen molar-refractivity contribution >= 4 is 11.8 Å². The number of carbonyl (C=O) groups is 2. The standard InChI is InChI=1S/C28H30FN3O2/c29-24-16-8-7-15-23(24)26(27(33)31-22-13-5-2-6-14-22)32(20-18-21-11-3-1-4-12-21)28(34)25-17-9-10-19-30-25/h1,3-4,7-12,15-17,19,22,26H,2,5-6,13-14,18,20H2,(H,31,33)/t26-/m1/s1. The Bertz CT molecular complexity index is 1090. The van der Waals surface area contributed by atoms with E-state index in [1.165, 1.54) is 11.0 Å². The lowest BCUT2D eigenvalue weighted by Crippen LogP contribution is -2.48. The zero-order valence-corrected chi connectivity index (χ0v) is 19.2. The highest BCUT2D eigenvalue weighted by molar-refractivity contribution is 5.96. The molecule has 3 aromatic rings. The van der Waals surface area contributed by atoms with Crippen LogP contribution in [0.4, 0.5) is 4.39 Å². The largest absolute Gasteiger partial charge is 0.351 e. The summed E-state index contributed by atoms with van der Waals surface area (Å²) in [6.45, 7) is 0.247. The molecule has 4 rings (SSSR count). The molecule has 0 unspecified atom stereocenters. The van der Waals surface area contributed by atoms with Crippen LogP contribution < -0.4 is 5.32 Å². The van der Waals surface area contributed by atoms with Gasteiger partial charge < -0.3 is 10.2 Å². The minimum absolute atomic E-state index is 0.0384. The molecule has 176 valence electrons. The Morgan fingerprint density at radius 3 is 2.35 bits per heavy atom. The van der Waals surface area contributed by atoms with Crippen molar-refractivity contribution in [1.82, 2.24) is 15.2 Å². The lowest BCUT2D eigenvalue weighted by atomic mass is 9.94. The fraction of sp³-hybridized carbons (Fsp3) is 0.321. The Hall–Kier alpha value is -3.54. The van der Waals surface area contributed by atoms with Gasteiger partial charge in [0.2, 0.25) is 5.91 Å². The zero-order valence-electron chi connectivity index (χ0n) is 19.2. The minimum atomic E-state index is -1.10. The average Bonchev–Trinajstić information content (AvgIpc) is 2.88. The number of pyridine rings is 1. The van der Waals surface area contributed by atoms with Gasteiger partial charge in [0.25, 0.3) is 5.91 Å². The molecule has 1 aliphatic rings. The third-order valence-electron chi connectivity index (χ3n) is 6.34. The Labute approximate surface area is 200 Å². The molecule has 1 heterocycles. The fourth-order valence-electron chi connectivity index (χ4n) is 4.55. The van der Waals surface area contributed by atoms with Crippen molar-refractivity contribution in [1.29, 1.82) is 0 Å². The first kappa shape index (κ1) is 23.6. The van der Waals surface area contributed by atoms with Crippen LogP contribution in [0.3, 0.4) is 0 Å². The van der Waals surface area contributed by atoms with Crippen molar-refractivity contribution in [3.63, 3.8) is 0 Å². The number of nitrogens with zero attached hydrogens (tertiary/aromatic N) is 2. The van der Waals surface area contributed by atoms with E-state index >= 15 is 4.39 Å². The predicted octanol–water partition coefficient (Wildman–Crippen LogP) is 5.10. The molecule has 0 bridgehead atoms. The van der Waals surface area contributed by atoms with Crippen LogP contribution >= 0.6 is 0 Å². The van der Waals surface area contributed by atoms with Gasteiger partial charge in [-0.3, -0.25) is 14.6 Å². The number of benzene rings is 2. The highest BCUT2D eigenvalue weighted by Crippen LogP contribution is 2.27. The van der Waals surface area contributed by atoms with E-state index in [1.807, 2.05) is 30.3 Å². The van der Waals surface area contributed by atoms with Crippen molar-refractivity contribution in [2.24, 2.45) is 0 Å². The van der Waals surface area contributed by atoms with Crippen molar-refractivity contribution in [3.05, 3.63) is 102 Å². The van der Waals surface area contributed by atoms with E-state index in [2.05, 4.69) is 10.3 Å². The molecule has 1 atom stereocenters. The van der Waals surface area contributed by atoms with Gasteiger partial charge in [0.15, 0.2) is 0 Å². The molecule has 1 N–H and O–H groups in total. The highest BCUT2D eigenvalue weighted by atomic mass is 19.1. The molecule has 2 aromatic carbocycles. The maximum Gasteiger partial charge on any atom is 0.273 e. The van der Waals surface area contributed by atoms with Crippen molar-refractivity contribution in [2.45, 2.75) is 50.6 Å². The molecule has 1 aromatic heterocycles. The van der Waals surface area contributed by atoms with Crippen LogP contribution in [0.5, 0.6) is 0 Å². The summed E-state index contributed by atoms with van der Waals surface area (Å²) in [4.78, 5) is 33.0. The molecule has 1 saturated carbocycles. The van der Waals surface area contributed by atoms with Crippen LogP contribution in [0.1, 0.15) is 59.8 Å². The second kappa shape index (κ2) is 11.5. The minimum Gasteiger partial charge on any atom is -0.351 e. The lowest BCUT2D eigenvalue weighted by Gasteiger charge is -2.33. The van der Waals surface area contributed by atoms with E-state index in [-0.39, 0.29) is 29.8 Å². The van der Waals surface area contributed by atoms with Gasteiger partial charge in [-0.2, -0.15) is 0 Å². The molecule has 6 heteroatoms. The normalized spacial score (nSPS) is 14.9. The van der Waals surface area contributed by atoms with Gasteiger partial charge in [-0.25, -0.2) is 4.39 Å². The lowest BCUT2D eigenvalue weighted by molar-refractivity contribution is -0.127. The second-order valence-corrected chi connectivity index (χ2v) is 8.72. The molecule has 0 aliphatic heterocycles. The van der Waals surface area contributed by atoms with Crippen molar-refractivity contribution < 1.29 is 14.0 Å². The zero-order chi connectivity index (χ0) is 23.8. The summed E-state index contributed by atoms with van der Waals surface area (Å²) >= 11 is 0. The van der Waals surface area contributed by atoms with Crippen molar-refractivity contribution in [2.75, 3.05) is 6.54 Å². The van der Waals surface area contributed by atoms with Gasteiger partial charge in [-0.05, 0) is 43.0 Å². The summed E-state index contributed by atoms with van der Waals surface area (Å²) in [5.41, 5.74) is 1.44. The second-order valence-electron chi connectivity index (χ2n) is 8.72. The molecule has 2 amide bonds. The SMILES string of the molecule is O=C(NC1CCCCC1)[C@@H](c1ccccc1F)N(CCc1ccccc1)C(=O)c1ccccn1. The number of carbonyl (C=O) groups excluding carboxylic acids is 2. The maximum atomic E-state index is 15.0. The third kappa shape index (κ3) is 5.87. The summed E-state index contributed by atoms with van der Waals surface area (Å²) in [5.74, 6) is -1.26. The monoisotopic (exact) mass is 459 g/mol. The smallest absolute Gasteiger partial charge is 0.273 e. The van der Waals surface area contributed by atoms with E-state index < -0.39 is 17.8 Å². The molecule has 0 spiro atoms. The summed E-state index contributed by atoms with van der Waals surface area (Å²) in [6.07, 6.45) is 7.13. The van der Waals surface area contributed by atoms with Crippen LogP contribution in [-0.2, 0) is 11.2 Å². The van der Waals surface area contributed by atoms with Gasteiger partial charge in [0.1, 0.15) is 17.6 Å². The molecular formula is C28H30FN3O2. The molecule has 0 radical (unpaired) electrons. The summed E-state index contributed by atoms with van der Waals surface area (Å²) < 4.78 is 15.0. The predicted molar refractivity (Wildman–Crippen MR) is 130 cm³/mol. The number of aromatic nitrogens is 1. The number of nitrogens with one attached hydrogen (secondary N) is 1. The summed E-state index contributed by atoms with van der Waals surface area (Å²) in [5, 5.41) is 3.11. The van der Waals surface area contributed by atoms with E-state index in [4.69, 9.17) is 0 Å². The van der Waals surface area contributed by atoms with Crippen LogP contribution in [0.15, 0.2) is 79.0 Å². The van der Waals surface area contributed by atoms with E-state index in [9.17, 15) is 9.59 Å². The first-order valence-corrected chi connectivity index (χ1v) is 11.9. The number of hydrogen-bond acceptors (Lipinski definition) is 3. The van der Waals surface area contributed by atoms with Gasteiger partial charge in [-0.15, -0.1) is 0 Å². The van der Waals surface area contributed by atoms with E-state index in [0.29, 0.717) is 6.42 Å². The number of hydrogen-bond donors (Lipinski definition) is 1. The topological polar surface area (TPSA) is 62.3 Å². The fourth-order valence-corrected chi connectivity index (χ4v) is 4.55. The third-order valence-corrected chi connectivity index (χ3v) is 6.34. The first-order valence-electron chi connectivity index (χ1n) is 11.9. The van der Waals surface area contributed by atoms with E-state index in [0.717, 1.165) is 37.7 Å². The Morgan fingerprint density at radius 2 is 1.65 bits per heavy atom. The summed E-state index contributed by atoms with van der Waals surface area (Å²) in [6, 6.07) is 20.0. The van der Waals surface area contributed by atoms with Gasteiger partial charge in [-0.1, -0.05) is 73.9 Å². The van der Waals surface area contributed by atoms with Crippen molar-refractivity contribution in [3.8, 4) is 0 Å². The maximum absolute atomic E-state index is 15.0. The van der Waals surface area contributed by atoms with Crippen LogP contribution in [0.2, 0.25) is 0 Å². The van der Waals surface area contributed by atoms with Crippen LogP contribution in [-0.4, -0.2) is 34.3 Å². The highest BCUT2D eigenvalue weighted by Gasteiger charge is 2.35. The Balaban J connectivity index is 1.70. The van der Waals surface area contributed by atoms with Gasteiger partial charge >= 0.3 is 0 Å². The summed E-state index contributed by atoms with van der Waals surface area (Å²) in [7, 11) is 0. The van der Waals surface area contributed by atoms with Crippen LogP contribution in [0.25, 0.3) is 0 Å². The molecule has 1 aliphatic carbocycles. The van der Waals surface area contributed by atoms with Crippen LogP contribution in [0, 0.1) is 5.82 Å². The quantitative estimate of drug-likeness (QED) is 0.510. The van der Waals surface area contributed by atoms with E-state index in [1.54, 1.807) is 42.6 Å².